The molecule has 0 aromatic heterocycles. The normalized spacial score (nSPS) is 31.6. The Bertz CT molecular complexity index is 2390. The van der Waals surface area contributed by atoms with Crippen LogP contribution >= 0.6 is 23.5 Å². The van der Waals surface area contributed by atoms with Crippen molar-refractivity contribution in [1.29, 1.82) is 0 Å². The second-order valence-corrected chi connectivity index (χ2v) is 22.7. The number of hydrogen-bond acceptors (Lipinski definition) is 9. The van der Waals surface area contributed by atoms with Gasteiger partial charge in [-0.3, -0.25) is 9.69 Å². The number of likely N-dealkylation sites (N-methyl/N-ethyl adjacent to an activating group) is 1. The first-order chi connectivity index (χ1) is 30.6. The van der Waals surface area contributed by atoms with Crippen LogP contribution in [0.15, 0.2) is 87.0 Å². The van der Waals surface area contributed by atoms with Gasteiger partial charge in [-0.2, -0.15) is 0 Å². The molecule has 12 heteroatoms. The third-order valence-electron chi connectivity index (χ3n) is 17.1. The van der Waals surface area contributed by atoms with E-state index in [4.69, 9.17) is 10.2 Å². The standard InChI is InChI=1S/C29H40O4.C20H24N2S2.C4H4O4/c1-17-18-7-8-21-27(4,19(18)15-20(30)23(17)31)12-14-29(6)22-16-26(3,24(32)33)10-9-25(22,2)11-13-28(21,29)5;1-21-9-11-22(12-10-21)18-13-15-5-3-4-6-19(15)24-20-8-7-16(23-2)14-17(18)20;5-3(6)1-2-4(7)8/h8,15,22,30-31H,7,9-14,16H2,1-6H3,(H,32,33);3-8,14,18H,9-13H2,1-2H3;1-2H,(H,5,6)(H,7,8). The fourth-order valence-electron chi connectivity index (χ4n) is 12.7. The van der Waals surface area contributed by atoms with Gasteiger partial charge >= 0.3 is 17.9 Å². The Hall–Kier alpha value is -4.23. The highest BCUT2D eigenvalue weighted by Gasteiger charge is 2.67. The summed E-state index contributed by atoms with van der Waals surface area (Å²) in [7, 11) is 2.23. The second-order valence-electron chi connectivity index (χ2n) is 20.8. The molecule has 4 aliphatic carbocycles. The van der Waals surface area contributed by atoms with Crippen molar-refractivity contribution in [1.82, 2.24) is 9.80 Å². The number of carboxylic acid groups (broad SMARTS) is 3. The Labute approximate surface area is 393 Å². The summed E-state index contributed by atoms with van der Waals surface area (Å²) in [6, 6.07) is 18.3. The van der Waals surface area contributed by atoms with Crippen molar-refractivity contribution in [2.75, 3.05) is 39.5 Å². The molecule has 2 aliphatic heterocycles. The molecule has 3 aromatic rings. The van der Waals surface area contributed by atoms with Crippen molar-refractivity contribution in [2.45, 2.75) is 125 Å². The highest BCUT2D eigenvalue weighted by atomic mass is 32.2. The number of piperazine rings is 1. The lowest BCUT2D eigenvalue weighted by Crippen LogP contribution is -2.62. The van der Waals surface area contributed by atoms with Gasteiger partial charge in [0.05, 0.1) is 5.41 Å². The first-order valence-electron chi connectivity index (χ1n) is 23.1. The van der Waals surface area contributed by atoms with E-state index in [1.807, 2.05) is 43.4 Å². The summed E-state index contributed by atoms with van der Waals surface area (Å²) < 4.78 is 0. The number of allylic oxidation sites excluding steroid dienone is 2. The van der Waals surface area contributed by atoms with Crippen LogP contribution in [0.5, 0.6) is 11.5 Å². The largest absolute Gasteiger partial charge is 0.504 e. The molecule has 1 saturated heterocycles. The maximum absolute atomic E-state index is 12.3. The minimum atomic E-state index is -1.26. The monoisotopic (exact) mass is 924 g/mol. The van der Waals surface area contributed by atoms with Crippen LogP contribution < -0.4 is 0 Å². The van der Waals surface area contributed by atoms with E-state index < -0.39 is 23.3 Å². The smallest absolute Gasteiger partial charge is 0.328 e. The predicted octanol–water partition coefficient (Wildman–Crippen LogP) is 10.8. The molecule has 65 heavy (non-hydrogen) atoms. The molecule has 10 nitrogen and oxygen atoms in total. The molecule has 0 spiro atoms. The van der Waals surface area contributed by atoms with Crippen LogP contribution in [-0.2, 0) is 32.6 Å². The molecule has 4 fully saturated rings. The summed E-state index contributed by atoms with van der Waals surface area (Å²) in [5.41, 5.74) is 7.02. The Morgan fingerprint density at radius 1 is 0.815 bits per heavy atom. The number of fused-ring (bicyclic) bond motifs is 9. The Morgan fingerprint density at radius 3 is 2.12 bits per heavy atom. The van der Waals surface area contributed by atoms with Crippen molar-refractivity contribution in [3.8, 4) is 11.5 Å². The molecule has 350 valence electrons. The van der Waals surface area contributed by atoms with Crippen molar-refractivity contribution in [2.24, 2.45) is 27.6 Å². The average Bonchev–Trinajstić information content (AvgIpc) is 3.44. The number of phenolic OH excluding ortho intramolecular Hbond substituents is 2. The summed E-state index contributed by atoms with van der Waals surface area (Å²) >= 11 is 3.79. The Kier molecular flexibility index (Phi) is 13.8. The Morgan fingerprint density at radius 2 is 1.48 bits per heavy atom. The zero-order valence-electron chi connectivity index (χ0n) is 39.4. The van der Waals surface area contributed by atoms with Crippen LogP contribution in [0, 0.1) is 34.5 Å². The van der Waals surface area contributed by atoms with Crippen LogP contribution in [0.4, 0.5) is 0 Å². The summed E-state index contributed by atoms with van der Waals surface area (Å²) in [4.78, 5) is 40.7. The van der Waals surface area contributed by atoms with E-state index in [0.29, 0.717) is 24.1 Å². The lowest BCUT2D eigenvalue weighted by atomic mass is 9.34. The van der Waals surface area contributed by atoms with Gasteiger partial charge in [0, 0.05) is 64.5 Å². The number of hydrogen-bond donors (Lipinski definition) is 5. The van der Waals surface area contributed by atoms with Crippen LogP contribution in [0.25, 0.3) is 0 Å². The van der Waals surface area contributed by atoms with E-state index in [-0.39, 0.29) is 33.2 Å². The number of benzene rings is 3. The minimum absolute atomic E-state index is 0.00431. The van der Waals surface area contributed by atoms with E-state index in [0.717, 1.165) is 82.0 Å². The van der Waals surface area contributed by atoms with E-state index >= 15 is 0 Å². The number of aliphatic carboxylic acids is 3. The average molecular weight is 925 g/mol. The van der Waals surface area contributed by atoms with Crippen molar-refractivity contribution >= 4 is 41.4 Å². The number of rotatable bonds is 5. The van der Waals surface area contributed by atoms with E-state index in [1.54, 1.807) is 0 Å². The summed E-state index contributed by atoms with van der Waals surface area (Å²) in [5.74, 6) is -2.80. The lowest BCUT2D eigenvalue weighted by molar-refractivity contribution is -0.177. The molecule has 0 bridgehead atoms. The third-order valence-corrected chi connectivity index (χ3v) is 19.0. The zero-order chi connectivity index (χ0) is 47.3. The first kappa shape index (κ1) is 48.7. The van der Waals surface area contributed by atoms with Gasteiger partial charge in [-0.05, 0) is 165 Å². The highest BCUT2D eigenvalue weighted by Crippen LogP contribution is 2.74. The van der Waals surface area contributed by atoms with E-state index in [2.05, 4.69) is 99.3 Å². The van der Waals surface area contributed by atoms with Gasteiger partial charge < -0.3 is 30.4 Å². The van der Waals surface area contributed by atoms with Crippen LogP contribution in [-0.4, -0.2) is 92.7 Å². The number of thioether (sulfide) groups is 1. The molecule has 3 aromatic carbocycles. The quantitative estimate of drug-likeness (QED) is 0.0715. The maximum atomic E-state index is 12.3. The van der Waals surface area contributed by atoms with Crippen LogP contribution in [0.3, 0.4) is 0 Å². The highest BCUT2D eigenvalue weighted by molar-refractivity contribution is 7.99. The molecule has 0 amide bonds. The lowest BCUT2D eigenvalue weighted by Gasteiger charge is -2.69. The van der Waals surface area contributed by atoms with Gasteiger partial charge in [-0.1, -0.05) is 69.3 Å². The fraction of sp³-hybridized carbons (Fsp3) is 0.528. The fourth-order valence-corrected chi connectivity index (χ4v) is 14.3. The third kappa shape index (κ3) is 9.01. The van der Waals surface area contributed by atoms with Crippen molar-refractivity contribution < 1.29 is 39.9 Å². The van der Waals surface area contributed by atoms with Crippen LogP contribution in [0.1, 0.15) is 113 Å². The number of carboxylic acids is 3. The van der Waals surface area contributed by atoms with E-state index in [9.17, 15) is 29.7 Å². The van der Waals surface area contributed by atoms with Crippen molar-refractivity contribution in [3.63, 3.8) is 0 Å². The molecular weight excluding hydrogens is 857 g/mol. The molecule has 3 saturated carbocycles. The number of phenols is 2. The minimum Gasteiger partial charge on any atom is -0.504 e. The van der Waals surface area contributed by atoms with Crippen LogP contribution in [0.2, 0.25) is 0 Å². The molecule has 9 rings (SSSR count). The van der Waals surface area contributed by atoms with Gasteiger partial charge in [0.1, 0.15) is 0 Å². The summed E-state index contributed by atoms with van der Waals surface area (Å²) in [6.07, 6.45) is 14.4. The van der Waals surface area contributed by atoms with Crippen molar-refractivity contribution in [3.05, 3.63) is 100 Å². The zero-order valence-corrected chi connectivity index (χ0v) is 41.0. The molecule has 7 atom stereocenters. The molecule has 0 radical (unpaired) electrons. The molecular formula is C53H68N2O8S2. The molecule has 7 unspecified atom stereocenters. The number of nitrogens with zero attached hydrogens (tertiary/aromatic N) is 2. The number of carbonyl (C=O) groups is 3. The molecule has 2 heterocycles. The van der Waals surface area contributed by atoms with Gasteiger partial charge in [-0.15, -0.1) is 11.8 Å². The van der Waals surface area contributed by atoms with Gasteiger partial charge in [0.15, 0.2) is 11.5 Å². The summed E-state index contributed by atoms with van der Waals surface area (Å²) in [5, 5.41) is 46.5. The van der Waals surface area contributed by atoms with Gasteiger partial charge in [0.25, 0.3) is 0 Å². The Balaban J connectivity index is 0.000000172. The van der Waals surface area contributed by atoms with Gasteiger partial charge in [0.2, 0.25) is 0 Å². The summed E-state index contributed by atoms with van der Waals surface area (Å²) in [6.45, 7) is 18.2. The SMILES string of the molecule is CSc1ccc2c(c1)C(N1CCN(C)CC1)Cc1ccccc1S2.Cc1c(O)c(O)cc2c1CC=C1C2(C)CCC2(C)C3CC(C)(C(=O)O)CCC3(C)CCC12C.O=C(O)C=CC(=O)O. The number of aromatic hydroxyl groups is 2. The first-order valence-corrected chi connectivity index (χ1v) is 25.1. The van der Waals surface area contributed by atoms with Gasteiger partial charge in [-0.25, -0.2) is 9.59 Å². The second kappa shape index (κ2) is 18.5. The maximum Gasteiger partial charge on any atom is 0.328 e. The predicted molar refractivity (Wildman–Crippen MR) is 258 cm³/mol. The molecule has 5 N–H and O–H groups in total. The van der Waals surface area contributed by atoms with E-state index in [1.165, 1.54) is 50.0 Å². The topological polar surface area (TPSA) is 159 Å². The molecule has 6 aliphatic rings.